The Labute approximate surface area is 153 Å². The molecule has 0 atom stereocenters. The summed E-state index contributed by atoms with van der Waals surface area (Å²) in [4.78, 5) is 0. The Hall–Kier alpha value is -2.33. The van der Waals surface area contributed by atoms with Crippen LogP contribution in [0.2, 0.25) is 0 Å². The van der Waals surface area contributed by atoms with Gasteiger partial charge in [0.1, 0.15) is 0 Å². The van der Waals surface area contributed by atoms with Crippen LogP contribution in [0.25, 0.3) is 0 Å². The molecule has 0 fully saturated rings. The predicted octanol–water partition coefficient (Wildman–Crippen LogP) is 5.48. The zero-order valence-corrected chi connectivity index (χ0v) is 14.6. The van der Waals surface area contributed by atoms with E-state index in [9.17, 15) is 26.3 Å². The van der Waals surface area contributed by atoms with Crippen LogP contribution in [-0.2, 0) is 12.4 Å². The molecular formula is C20H13F6P. The van der Waals surface area contributed by atoms with Gasteiger partial charge in [-0.25, -0.2) is 0 Å². The molecule has 0 aliphatic carbocycles. The van der Waals surface area contributed by atoms with E-state index < -0.39 is 31.4 Å². The van der Waals surface area contributed by atoms with Gasteiger partial charge in [0.25, 0.3) is 0 Å². The maximum Gasteiger partial charge on any atom is 0.417 e. The zero-order valence-electron chi connectivity index (χ0n) is 13.7. The van der Waals surface area contributed by atoms with Gasteiger partial charge in [-0.3, -0.25) is 0 Å². The highest BCUT2D eigenvalue weighted by atomic mass is 31.1. The zero-order chi connectivity index (χ0) is 19.7. The van der Waals surface area contributed by atoms with E-state index in [4.69, 9.17) is 0 Å². The molecule has 0 nitrogen and oxygen atoms in total. The van der Waals surface area contributed by atoms with Crippen LogP contribution in [0.3, 0.4) is 0 Å². The topological polar surface area (TPSA) is 0 Å². The van der Waals surface area contributed by atoms with Gasteiger partial charge < -0.3 is 0 Å². The number of halogens is 6. The van der Waals surface area contributed by atoms with Crippen molar-refractivity contribution >= 4 is 23.8 Å². The van der Waals surface area contributed by atoms with Crippen LogP contribution in [0, 0.1) is 0 Å². The van der Waals surface area contributed by atoms with Crippen molar-refractivity contribution < 1.29 is 26.3 Å². The van der Waals surface area contributed by atoms with E-state index in [1.807, 2.05) is 0 Å². The van der Waals surface area contributed by atoms with Crippen LogP contribution in [-0.4, -0.2) is 0 Å². The van der Waals surface area contributed by atoms with Crippen molar-refractivity contribution in [3.05, 3.63) is 90.0 Å². The minimum Gasteiger partial charge on any atom is -0.166 e. The van der Waals surface area contributed by atoms with Gasteiger partial charge in [0.2, 0.25) is 0 Å². The van der Waals surface area contributed by atoms with Crippen molar-refractivity contribution in [1.29, 1.82) is 0 Å². The second kappa shape index (κ2) is 7.35. The lowest BCUT2D eigenvalue weighted by Gasteiger charge is -2.24. The van der Waals surface area contributed by atoms with E-state index >= 15 is 0 Å². The molecule has 3 rings (SSSR count). The summed E-state index contributed by atoms with van der Waals surface area (Å²) in [5.74, 6) is 0. The molecule has 0 N–H and O–H groups in total. The highest BCUT2D eigenvalue weighted by Gasteiger charge is 2.39. The Morgan fingerprint density at radius 3 is 1.44 bits per heavy atom. The summed E-state index contributed by atoms with van der Waals surface area (Å²) in [5, 5.41) is 0.733. The van der Waals surface area contributed by atoms with Crippen LogP contribution >= 0.6 is 7.92 Å². The van der Waals surface area contributed by atoms with Gasteiger partial charge in [-0.2, -0.15) is 26.3 Å². The van der Waals surface area contributed by atoms with E-state index in [0.29, 0.717) is 28.8 Å². The van der Waals surface area contributed by atoms with Crippen molar-refractivity contribution in [1.82, 2.24) is 0 Å². The largest absolute Gasteiger partial charge is 0.417 e. The van der Waals surface area contributed by atoms with Crippen molar-refractivity contribution in [3.8, 4) is 0 Å². The van der Waals surface area contributed by atoms with E-state index in [-0.39, 0.29) is 5.30 Å². The van der Waals surface area contributed by atoms with Gasteiger partial charge in [-0.15, -0.1) is 0 Å². The Morgan fingerprint density at radius 2 is 1.04 bits per heavy atom. The Morgan fingerprint density at radius 1 is 0.556 bits per heavy atom. The molecule has 0 bridgehead atoms. The fraction of sp³-hybridized carbons (Fsp3) is 0.100. The van der Waals surface area contributed by atoms with Crippen LogP contribution in [0.15, 0.2) is 78.9 Å². The molecule has 0 amide bonds. The molecule has 0 spiro atoms. The molecule has 7 heteroatoms. The maximum absolute atomic E-state index is 13.6. The third kappa shape index (κ3) is 4.33. The first-order valence-corrected chi connectivity index (χ1v) is 9.21. The first-order valence-electron chi connectivity index (χ1n) is 7.86. The lowest BCUT2D eigenvalue weighted by Crippen LogP contribution is -2.28. The minimum absolute atomic E-state index is 0.357. The molecule has 0 saturated heterocycles. The average Bonchev–Trinajstić information content (AvgIpc) is 2.62. The SMILES string of the molecule is FC(F)(F)c1ccc(C(F)(F)F)c(P(c2ccccc2)c2ccccc2)c1. The molecule has 140 valence electrons. The number of rotatable bonds is 3. The molecule has 0 unspecified atom stereocenters. The maximum atomic E-state index is 13.6. The molecule has 3 aromatic carbocycles. The van der Waals surface area contributed by atoms with Gasteiger partial charge in [0.15, 0.2) is 0 Å². The van der Waals surface area contributed by atoms with Gasteiger partial charge in [0, 0.05) is 0 Å². The molecular weight excluding hydrogens is 385 g/mol. The first-order chi connectivity index (χ1) is 12.7. The van der Waals surface area contributed by atoms with Crippen LogP contribution in [0.5, 0.6) is 0 Å². The van der Waals surface area contributed by atoms with E-state index in [2.05, 4.69) is 0 Å². The minimum atomic E-state index is -4.76. The third-order valence-corrected chi connectivity index (χ3v) is 6.38. The second-order valence-electron chi connectivity index (χ2n) is 5.73. The average molecular weight is 398 g/mol. The van der Waals surface area contributed by atoms with Crippen LogP contribution < -0.4 is 15.9 Å². The highest BCUT2D eigenvalue weighted by molar-refractivity contribution is 7.79. The van der Waals surface area contributed by atoms with Crippen molar-refractivity contribution in [3.63, 3.8) is 0 Å². The monoisotopic (exact) mass is 398 g/mol. The fourth-order valence-corrected chi connectivity index (χ4v) is 5.22. The summed E-state index contributed by atoms with van der Waals surface area (Å²) in [6.45, 7) is 0. The molecule has 27 heavy (non-hydrogen) atoms. The molecule has 0 heterocycles. The Balaban J connectivity index is 2.31. The Kier molecular flexibility index (Phi) is 5.29. The van der Waals surface area contributed by atoms with Gasteiger partial charge in [-0.05, 0) is 42.0 Å². The fourth-order valence-electron chi connectivity index (χ4n) is 2.71. The predicted molar refractivity (Wildman–Crippen MR) is 95.2 cm³/mol. The van der Waals surface area contributed by atoms with E-state index in [1.54, 1.807) is 60.7 Å². The van der Waals surface area contributed by atoms with Crippen molar-refractivity contribution in [2.45, 2.75) is 12.4 Å². The van der Waals surface area contributed by atoms with Crippen LogP contribution in [0.1, 0.15) is 11.1 Å². The lowest BCUT2D eigenvalue weighted by molar-refractivity contribution is -0.140. The summed E-state index contributed by atoms with van der Waals surface area (Å²) in [7, 11) is -1.81. The van der Waals surface area contributed by atoms with Gasteiger partial charge in [0.05, 0.1) is 11.1 Å². The molecule has 0 saturated carbocycles. The molecule has 0 aliphatic rings. The Bertz CT molecular complexity index is 862. The van der Waals surface area contributed by atoms with Crippen molar-refractivity contribution in [2.24, 2.45) is 0 Å². The lowest BCUT2D eigenvalue weighted by atomic mass is 10.1. The van der Waals surface area contributed by atoms with Gasteiger partial charge >= 0.3 is 12.4 Å². The summed E-state index contributed by atoms with van der Waals surface area (Å²) in [6.07, 6.45) is -9.49. The standard InChI is InChI=1S/C20H13F6P/c21-19(22,23)14-11-12-17(20(24,25)26)18(13-14)27(15-7-3-1-4-8-15)16-9-5-2-6-10-16/h1-13H. The summed E-state index contributed by atoms with van der Waals surface area (Å²) in [6, 6.07) is 18.3. The van der Waals surface area contributed by atoms with Gasteiger partial charge in [-0.1, -0.05) is 60.7 Å². The quantitative estimate of drug-likeness (QED) is 0.405. The molecule has 3 aromatic rings. The number of hydrogen-bond acceptors (Lipinski definition) is 0. The summed E-state index contributed by atoms with van der Waals surface area (Å²) >= 11 is 0. The van der Waals surface area contributed by atoms with E-state index in [1.165, 1.54) is 0 Å². The third-order valence-electron chi connectivity index (χ3n) is 3.90. The number of benzene rings is 3. The normalized spacial score (nSPS) is 12.4. The molecule has 0 aliphatic heterocycles. The van der Waals surface area contributed by atoms with Crippen molar-refractivity contribution in [2.75, 3.05) is 0 Å². The number of alkyl halides is 6. The van der Waals surface area contributed by atoms with Crippen LogP contribution in [0.4, 0.5) is 26.3 Å². The first kappa shape index (κ1) is 19.4. The number of hydrogen-bond donors (Lipinski definition) is 0. The molecule has 0 radical (unpaired) electrons. The smallest absolute Gasteiger partial charge is 0.166 e. The molecule has 0 aromatic heterocycles. The highest BCUT2D eigenvalue weighted by Crippen LogP contribution is 2.41. The summed E-state index contributed by atoms with van der Waals surface area (Å²) in [5.41, 5.74) is -2.14. The second-order valence-corrected chi connectivity index (χ2v) is 7.92. The van der Waals surface area contributed by atoms with E-state index in [0.717, 1.165) is 0 Å². The summed E-state index contributed by atoms with van der Waals surface area (Å²) < 4.78 is 80.4.